The first-order valence-corrected chi connectivity index (χ1v) is 10.6. The Labute approximate surface area is 173 Å². The van der Waals surface area contributed by atoms with Crippen molar-refractivity contribution in [1.82, 2.24) is 0 Å². The third kappa shape index (κ3) is 6.28. The van der Waals surface area contributed by atoms with Crippen molar-refractivity contribution in [3.05, 3.63) is 41.5 Å². The van der Waals surface area contributed by atoms with Gasteiger partial charge in [0.2, 0.25) is 0 Å². The van der Waals surface area contributed by atoms with Crippen molar-refractivity contribution in [2.45, 2.75) is 52.9 Å². The lowest BCUT2D eigenvalue weighted by Gasteiger charge is -2.34. The second-order valence-electron chi connectivity index (χ2n) is 7.47. The number of rotatable bonds is 9. The van der Waals surface area contributed by atoms with Gasteiger partial charge >= 0.3 is 11.9 Å². The molecule has 0 spiro atoms. The van der Waals surface area contributed by atoms with E-state index in [0.717, 1.165) is 37.7 Å². The normalized spacial score (nSPS) is 16.3. The zero-order valence-electron chi connectivity index (χ0n) is 17.7. The Morgan fingerprint density at radius 1 is 0.966 bits per heavy atom. The predicted molar refractivity (Wildman–Crippen MR) is 112 cm³/mol. The van der Waals surface area contributed by atoms with Crippen molar-refractivity contribution in [1.29, 1.82) is 0 Å². The summed E-state index contributed by atoms with van der Waals surface area (Å²) in [7, 11) is 0. The van der Waals surface area contributed by atoms with Gasteiger partial charge in [0.1, 0.15) is 0 Å². The molecule has 1 aliphatic rings. The first-order chi connectivity index (χ1) is 14.0. The van der Waals surface area contributed by atoms with Crippen LogP contribution >= 0.6 is 0 Å². The number of hydrogen-bond acceptors (Lipinski definition) is 5. The van der Waals surface area contributed by atoms with Crippen LogP contribution in [0, 0.1) is 17.8 Å². The molecule has 0 heterocycles. The fraction of sp³-hybridized carbons (Fsp3) is 0.542. The third-order valence-corrected chi connectivity index (χ3v) is 5.49. The summed E-state index contributed by atoms with van der Waals surface area (Å²) >= 11 is 0. The lowest BCUT2D eigenvalue weighted by atomic mass is 9.69. The Balaban J connectivity index is 2.57. The fourth-order valence-electron chi connectivity index (χ4n) is 4.21. The average Bonchev–Trinajstić information content (AvgIpc) is 2.72. The highest BCUT2D eigenvalue weighted by Crippen LogP contribution is 2.40. The Hall–Kier alpha value is -2.43. The number of carbonyl (C=O) groups excluding carboxylic acids is 3. The van der Waals surface area contributed by atoms with Crippen molar-refractivity contribution in [2.24, 2.45) is 17.8 Å². The molecular formula is C24H32O5. The van der Waals surface area contributed by atoms with Crippen LogP contribution in [0.3, 0.4) is 0 Å². The Morgan fingerprint density at radius 2 is 1.52 bits per heavy atom. The van der Waals surface area contributed by atoms with Crippen molar-refractivity contribution in [3.8, 4) is 0 Å². The molecule has 1 aliphatic carbocycles. The summed E-state index contributed by atoms with van der Waals surface area (Å²) in [6.45, 7) is 5.26. The third-order valence-electron chi connectivity index (χ3n) is 5.49. The number of carbonyl (C=O) groups is 3. The summed E-state index contributed by atoms with van der Waals surface area (Å²) in [4.78, 5) is 38.4. The van der Waals surface area contributed by atoms with Gasteiger partial charge in [-0.15, -0.1) is 0 Å². The van der Waals surface area contributed by atoms with Crippen LogP contribution in [-0.4, -0.2) is 30.9 Å². The summed E-state index contributed by atoms with van der Waals surface area (Å²) in [5.74, 6) is -2.98. The fourth-order valence-corrected chi connectivity index (χ4v) is 4.21. The number of hydrogen-bond donors (Lipinski definition) is 0. The van der Waals surface area contributed by atoms with Crippen LogP contribution in [0.25, 0.3) is 6.08 Å². The van der Waals surface area contributed by atoms with Crippen LogP contribution < -0.4 is 0 Å². The molecule has 1 atom stereocenters. The summed E-state index contributed by atoms with van der Waals surface area (Å²) < 4.78 is 10.5. The first-order valence-electron chi connectivity index (χ1n) is 10.6. The number of allylic oxidation sites excluding steroid dienone is 1. The van der Waals surface area contributed by atoms with Gasteiger partial charge < -0.3 is 9.47 Å². The van der Waals surface area contributed by atoms with Gasteiger partial charge in [-0.05, 0) is 51.2 Å². The molecule has 1 aromatic carbocycles. The quantitative estimate of drug-likeness (QED) is 0.344. The maximum atomic E-state index is 12.9. The molecule has 0 radical (unpaired) electrons. The van der Waals surface area contributed by atoms with Crippen LogP contribution in [0.1, 0.15) is 58.4 Å². The smallest absolute Gasteiger partial charge is 0.320 e. The van der Waals surface area contributed by atoms with Crippen molar-refractivity contribution < 1.29 is 23.9 Å². The maximum absolute atomic E-state index is 12.9. The van der Waals surface area contributed by atoms with Crippen LogP contribution in [-0.2, 0) is 23.9 Å². The summed E-state index contributed by atoms with van der Waals surface area (Å²) in [5, 5.41) is 0. The SMILES string of the molecule is CCOC(=O)C(C(=O)OCC)[C@H](/C(=C/c1ccccc1)C(C)=O)C1CCCCC1. The number of esters is 2. The van der Waals surface area contributed by atoms with E-state index < -0.39 is 23.8 Å². The van der Waals surface area contributed by atoms with E-state index in [1.54, 1.807) is 13.8 Å². The standard InChI is InChI=1S/C24H32O5/c1-4-28-23(26)22(24(27)29-5-2)21(19-14-10-7-11-15-19)20(17(3)25)16-18-12-8-6-9-13-18/h6,8-9,12-13,16,19,21-22H,4-5,7,10-11,14-15H2,1-3H3/b20-16+/t21-/m0/s1. The maximum Gasteiger partial charge on any atom is 0.320 e. The van der Waals surface area contributed by atoms with Gasteiger partial charge in [-0.3, -0.25) is 14.4 Å². The van der Waals surface area contributed by atoms with Gasteiger partial charge in [0, 0.05) is 11.5 Å². The molecule has 158 valence electrons. The van der Waals surface area contributed by atoms with E-state index in [2.05, 4.69) is 0 Å². The first kappa shape index (κ1) is 22.9. The largest absolute Gasteiger partial charge is 0.465 e. The van der Waals surface area contributed by atoms with Gasteiger partial charge in [-0.25, -0.2) is 0 Å². The molecule has 1 fully saturated rings. The predicted octanol–water partition coefficient (Wildman–Crippen LogP) is 4.60. The van der Waals surface area contributed by atoms with Gasteiger partial charge in [-0.2, -0.15) is 0 Å². The topological polar surface area (TPSA) is 69.7 Å². The van der Waals surface area contributed by atoms with E-state index in [1.165, 1.54) is 6.92 Å². The van der Waals surface area contributed by atoms with E-state index in [4.69, 9.17) is 9.47 Å². The van der Waals surface area contributed by atoms with E-state index in [9.17, 15) is 14.4 Å². The lowest BCUT2D eigenvalue weighted by molar-refractivity contribution is -0.165. The van der Waals surface area contributed by atoms with Crippen LogP contribution in [0.5, 0.6) is 0 Å². The highest BCUT2D eigenvalue weighted by molar-refractivity contribution is 6.02. The molecule has 29 heavy (non-hydrogen) atoms. The molecule has 0 aliphatic heterocycles. The van der Waals surface area contributed by atoms with E-state index in [1.807, 2.05) is 36.4 Å². The van der Waals surface area contributed by atoms with E-state index in [-0.39, 0.29) is 24.9 Å². The van der Waals surface area contributed by atoms with E-state index >= 15 is 0 Å². The molecule has 0 saturated heterocycles. The second-order valence-corrected chi connectivity index (χ2v) is 7.47. The molecule has 2 rings (SSSR count). The van der Waals surface area contributed by atoms with Crippen molar-refractivity contribution >= 4 is 23.8 Å². The van der Waals surface area contributed by atoms with Crippen LogP contribution in [0.2, 0.25) is 0 Å². The minimum absolute atomic E-state index is 0.0569. The Bertz CT molecular complexity index is 698. The highest BCUT2D eigenvalue weighted by Gasteiger charge is 2.44. The van der Waals surface area contributed by atoms with Gasteiger partial charge in [0.25, 0.3) is 0 Å². The Kier molecular flexibility index (Phi) is 9.10. The number of ketones is 1. The molecule has 0 N–H and O–H groups in total. The molecule has 0 aromatic heterocycles. The number of benzene rings is 1. The lowest BCUT2D eigenvalue weighted by Crippen LogP contribution is -2.40. The zero-order chi connectivity index (χ0) is 21.2. The summed E-state index contributed by atoms with van der Waals surface area (Å²) in [5.41, 5.74) is 1.36. The molecule has 5 heteroatoms. The second kappa shape index (κ2) is 11.5. The molecule has 1 saturated carbocycles. The number of Topliss-reactive ketones (excluding diaryl/α,β-unsaturated/α-hetero) is 1. The van der Waals surface area contributed by atoms with E-state index in [0.29, 0.717) is 5.57 Å². The molecule has 0 unspecified atom stereocenters. The molecule has 0 bridgehead atoms. The molecule has 5 nitrogen and oxygen atoms in total. The van der Waals surface area contributed by atoms with Crippen molar-refractivity contribution in [3.63, 3.8) is 0 Å². The molecule has 0 amide bonds. The Morgan fingerprint density at radius 3 is 2.00 bits per heavy atom. The summed E-state index contributed by atoms with van der Waals surface area (Å²) in [6, 6.07) is 9.51. The number of ether oxygens (including phenoxy) is 2. The van der Waals surface area contributed by atoms with Gasteiger partial charge in [-0.1, -0.05) is 49.6 Å². The van der Waals surface area contributed by atoms with Gasteiger partial charge in [0.15, 0.2) is 11.7 Å². The monoisotopic (exact) mass is 400 g/mol. The van der Waals surface area contributed by atoms with Gasteiger partial charge in [0.05, 0.1) is 13.2 Å². The van der Waals surface area contributed by atoms with Crippen LogP contribution in [0.15, 0.2) is 35.9 Å². The molecular weight excluding hydrogens is 368 g/mol. The van der Waals surface area contributed by atoms with Crippen LogP contribution in [0.4, 0.5) is 0 Å². The minimum atomic E-state index is -1.13. The summed E-state index contributed by atoms with van der Waals surface area (Å²) in [6.07, 6.45) is 6.74. The average molecular weight is 401 g/mol. The molecule has 1 aromatic rings. The minimum Gasteiger partial charge on any atom is -0.465 e. The van der Waals surface area contributed by atoms with Crippen molar-refractivity contribution in [2.75, 3.05) is 13.2 Å². The zero-order valence-corrected chi connectivity index (χ0v) is 17.7. The highest BCUT2D eigenvalue weighted by atomic mass is 16.6.